The first-order chi connectivity index (χ1) is 12.0. The number of ether oxygens (including phenoxy) is 1. The molecule has 0 saturated carbocycles. The monoisotopic (exact) mass is 357 g/mol. The van der Waals surface area contributed by atoms with E-state index in [1.807, 2.05) is 38.1 Å². The van der Waals surface area contributed by atoms with Crippen LogP contribution in [0.25, 0.3) is 6.08 Å². The van der Waals surface area contributed by atoms with Crippen LogP contribution in [0.1, 0.15) is 40.8 Å². The maximum absolute atomic E-state index is 11.9. The molecule has 0 aliphatic heterocycles. The average molecular weight is 357 g/mol. The van der Waals surface area contributed by atoms with Crippen LogP contribution in [0.4, 0.5) is 0 Å². The number of nitrogens with one attached hydrogen (secondary N) is 1. The lowest BCUT2D eigenvalue weighted by Gasteiger charge is -2.14. The minimum Gasteiger partial charge on any atom is -0.452 e. The molecule has 1 N–H and O–H groups in total. The lowest BCUT2D eigenvalue weighted by Crippen LogP contribution is -2.30. The Labute approximate surface area is 152 Å². The van der Waals surface area contributed by atoms with Crippen LogP contribution in [0.2, 0.25) is 0 Å². The first-order valence-electron chi connectivity index (χ1n) is 8.27. The lowest BCUT2D eigenvalue weighted by molar-refractivity contribution is -0.144. The molecule has 1 aromatic carbocycles. The number of aryl methyl sites for hydroxylation is 2. The summed E-state index contributed by atoms with van der Waals surface area (Å²) in [6.45, 7) is 5.72. The number of esters is 1. The molecule has 1 heterocycles. The molecular formula is C20H23NO3S. The van der Waals surface area contributed by atoms with E-state index >= 15 is 0 Å². The molecule has 0 bridgehead atoms. The zero-order chi connectivity index (χ0) is 18.2. The minimum atomic E-state index is -0.527. The summed E-state index contributed by atoms with van der Waals surface area (Å²) in [4.78, 5) is 25.7. The molecule has 132 valence electrons. The molecule has 2 aromatic rings. The maximum atomic E-state index is 11.9. The molecule has 2 rings (SSSR count). The van der Waals surface area contributed by atoms with Gasteiger partial charge in [0, 0.05) is 15.8 Å². The summed E-state index contributed by atoms with van der Waals surface area (Å²) in [5, 5.41) is 2.83. The van der Waals surface area contributed by atoms with E-state index in [9.17, 15) is 9.59 Å². The molecule has 4 nitrogen and oxygen atoms in total. The van der Waals surface area contributed by atoms with Crippen molar-refractivity contribution in [1.29, 1.82) is 0 Å². The first kappa shape index (κ1) is 18.9. The lowest BCUT2D eigenvalue weighted by atomic mass is 10.1. The standard InChI is InChI=1S/C20H23NO3S/c1-4-16-6-8-17(9-7-16)15(3)21-19(22)13-24-20(23)12-11-18-10-5-14(2)25-18/h5-12,15H,4,13H2,1-3H3,(H,21,22)/b12-11+. The van der Waals surface area contributed by atoms with Crippen LogP contribution in [0.3, 0.4) is 0 Å². The highest BCUT2D eigenvalue weighted by Crippen LogP contribution is 2.16. The van der Waals surface area contributed by atoms with Gasteiger partial charge < -0.3 is 10.1 Å². The largest absolute Gasteiger partial charge is 0.452 e. The smallest absolute Gasteiger partial charge is 0.331 e. The van der Waals surface area contributed by atoms with Crippen molar-refractivity contribution >= 4 is 29.3 Å². The molecule has 25 heavy (non-hydrogen) atoms. The summed E-state index contributed by atoms with van der Waals surface area (Å²) in [5.74, 6) is -0.845. The molecule has 0 aliphatic rings. The molecule has 1 aromatic heterocycles. The fourth-order valence-electron chi connectivity index (χ4n) is 2.29. The molecule has 1 amide bonds. The summed E-state index contributed by atoms with van der Waals surface area (Å²) < 4.78 is 4.97. The Hall–Kier alpha value is -2.40. The minimum absolute atomic E-state index is 0.137. The number of hydrogen-bond acceptors (Lipinski definition) is 4. The Bertz CT molecular complexity index is 747. The first-order valence-corrected chi connectivity index (χ1v) is 9.09. The van der Waals surface area contributed by atoms with Gasteiger partial charge in [-0.25, -0.2) is 4.79 Å². The van der Waals surface area contributed by atoms with Gasteiger partial charge in [-0.3, -0.25) is 4.79 Å². The number of rotatable bonds is 7. The predicted molar refractivity (Wildman–Crippen MR) is 101 cm³/mol. The second-order valence-corrected chi connectivity index (χ2v) is 7.09. The number of amides is 1. The third-order valence-corrected chi connectivity index (χ3v) is 4.72. The number of benzene rings is 1. The van der Waals surface area contributed by atoms with Gasteiger partial charge in [0.2, 0.25) is 0 Å². The van der Waals surface area contributed by atoms with Crippen molar-refractivity contribution in [2.45, 2.75) is 33.2 Å². The van der Waals surface area contributed by atoms with Gasteiger partial charge in [-0.15, -0.1) is 11.3 Å². The fraction of sp³-hybridized carbons (Fsp3) is 0.300. The Balaban J connectivity index is 1.77. The molecule has 0 radical (unpaired) electrons. The highest BCUT2D eigenvalue weighted by molar-refractivity contribution is 7.12. The van der Waals surface area contributed by atoms with Crippen molar-refractivity contribution in [2.75, 3.05) is 6.61 Å². The number of carbonyl (C=O) groups is 2. The predicted octanol–water partition coefficient (Wildman–Crippen LogP) is 4.05. The van der Waals surface area contributed by atoms with Crippen molar-refractivity contribution < 1.29 is 14.3 Å². The number of hydrogen-bond donors (Lipinski definition) is 1. The summed E-state index contributed by atoms with van der Waals surface area (Å²) in [6, 6.07) is 11.9. The van der Waals surface area contributed by atoms with E-state index in [0.717, 1.165) is 16.9 Å². The van der Waals surface area contributed by atoms with Gasteiger partial charge in [-0.05, 0) is 49.6 Å². The topological polar surface area (TPSA) is 55.4 Å². The van der Waals surface area contributed by atoms with Gasteiger partial charge in [-0.1, -0.05) is 31.2 Å². The third-order valence-electron chi connectivity index (χ3n) is 3.76. The van der Waals surface area contributed by atoms with Crippen molar-refractivity contribution in [3.8, 4) is 0 Å². The molecule has 0 aliphatic carbocycles. The Morgan fingerprint density at radius 1 is 1.20 bits per heavy atom. The van der Waals surface area contributed by atoms with E-state index in [-0.39, 0.29) is 18.6 Å². The van der Waals surface area contributed by atoms with Crippen LogP contribution < -0.4 is 5.32 Å². The molecule has 0 fully saturated rings. The molecule has 0 saturated heterocycles. The molecular weight excluding hydrogens is 334 g/mol. The van der Waals surface area contributed by atoms with E-state index < -0.39 is 5.97 Å². The zero-order valence-corrected chi connectivity index (χ0v) is 15.6. The van der Waals surface area contributed by atoms with Gasteiger partial charge in [0.15, 0.2) is 6.61 Å². The van der Waals surface area contributed by atoms with Crippen LogP contribution >= 0.6 is 11.3 Å². The van der Waals surface area contributed by atoms with Gasteiger partial charge >= 0.3 is 5.97 Å². The van der Waals surface area contributed by atoms with E-state index in [1.54, 1.807) is 17.4 Å². The Morgan fingerprint density at radius 2 is 1.92 bits per heavy atom. The Morgan fingerprint density at radius 3 is 2.52 bits per heavy atom. The molecule has 0 spiro atoms. The van der Waals surface area contributed by atoms with Gasteiger partial charge in [0.25, 0.3) is 5.91 Å². The maximum Gasteiger partial charge on any atom is 0.331 e. The average Bonchev–Trinajstić information content (AvgIpc) is 3.03. The fourth-order valence-corrected chi connectivity index (χ4v) is 3.07. The SMILES string of the molecule is CCc1ccc(C(C)NC(=O)COC(=O)/C=C/c2ccc(C)s2)cc1. The summed E-state index contributed by atoms with van der Waals surface area (Å²) in [6.07, 6.45) is 4.01. The van der Waals surface area contributed by atoms with Gasteiger partial charge in [-0.2, -0.15) is 0 Å². The van der Waals surface area contributed by atoms with Crippen molar-refractivity contribution in [1.82, 2.24) is 5.32 Å². The van der Waals surface area contributed by atoms with Gasteiger partial charge in [0.05, 0.1) is 6.04 Å². The van der Waals surface area contributed by atoms with Crippen molar-refractivity contribution in [3.63, 3.8) is 0 Å². The molecule has 1 unspecified atom stereocenters. The molecule has 5 heteroatoms. The highest BCUT2D eigenvalue weighted by atomic mass is 32.1. The second-order valence-electron chi connectivity index (χ2n) is 5.77. The van der Waals surface area contributed by atoms with Crippen LogP contribution in [0.15, 0.2) is 42.5 Å². The zero-order valence-electron chi connectivity index (χ0n) is 14.7. The van der Waals surface area contributed by atoms with Crippen LogP contribution in [-0.2, 0) is 20.7 Å². The highest BCUT2D eigenvalue weighted by Gasteiger charge is 2.11. The van der Waals surface area contributed by atoms with E-state index in [2.05, 4.69) is 24.4 Å². The second kappa shape index (κ2) is 9.18. The van der Waals surface area contributed by atoms with Crippen molar-refractivity contribution in [3.05, 3.63) is 63.4 Å². The van der Waals surface area contributed by atoms with Crippen LogP contribution in [0.5, 0.6) is 0 Å². The number of carbonyl (C=O) groups excluding carboxylic acids is 2. The van der Waals surface area contributed by atoms with Crippen LogP contribution in [0, 0.1) is 6.92 Å². The normalized spacial score (nSPS) is 12.1. The summed E-state index contributed by atoms with van der Waals surface area (Å²) >= 11 is 1.59. The van der Waals surface area contributed by atoms with Gasteiger partial charge in [0.1, 0.15) is 0 Å². The number of thiophene rings is 1. The van der Waals surface area contributed by atoms with Crippen molar-refractivity contribution in [2.24, 2.45) is 0 Å². The van der Waals surface area contributed by atoms with E-state index in [4.69, 9.17) is 4.74 Å². The van der Waals surface area contributed by atoms with Crippen LogP contribution in [-0.4, -0.2) is 18.5 Å². The van der Waals surface area contributed by atoms with E-state index in [0.29, 0.717) is 0 Å². The molecule has 1 atom stereocenters. The Kier molecular flexibility index (Phi) is 6.95. The quantitative estimate of drug-likeness (QED) is 0.601. The van der Waals surface area contributed by atoms with E-state index in [1.165, 1.54) is 16.5 Å². The summed E-state index contributed by atoms with van der Waals surface area (Å²) in [5.41, 5.74) is 2.27. The summed E-state index contributed by atoms with van der Waals surface area (Å²) in [7, 11) is 0. The third kappa shape index (κ3) is 6.19.